The number of hydrogen-bond donors (Lipinski definition) is 0. The Morgan fingerprint density at radius 3 is 2.38 bits per heavy atom. The number of nitrogens with zero attached hydrogens (tertiary/aromatic N) is 3. The lowest BCUT2D eigenvalue weighted by Crippen LogP contribution is -2.34. The Balaban J connectivity index is 2.14. The number of aryl methyl sites for hydroxylation is 1. The van der Waals surface area contributed by atoms with Gasteiger partial charge in [-0.1, -0.05) is 43.7 Å². The number of fused-ring (bicyclic) bond motifs is 1. The minimum Gasteiger partial charge on any atom is -0.312 e. The number of hydrogen-bond acceptors (Lipinski definition) is 3. The van der Waals surface area contributed by atoms with Gasteiger partial charge in [0.25, 0.3) is 10.0 Å². The number of rotatable bonds is 6. The molecule has 0 aliphatic carbocycles. The molecule has 0 fully saturated rings. The fourth-order valence-electron chi connectivity index (χ4n) is 2.70. The Labute approximate surface area is 142 Å². The molecule has 0 radical (unpaired) electrons. The van der Waals surface area contributed by atoms with Crippen LogP contribution in [-0.4, -0.2) is 24.5 Å². The molecule has 0 aliphatic rings. The fraction of sp³-hybridized carbons (Fsp3) is 0.278. The van der Waals surface area contributed by atoms with Crippen LogP contribution in [0.15, 0.2) is 59.5 Å². The molecule has 0 N–H and O–H groups in total. The second-order valence-corrected chi connectivity index (χ2v) is 7.57. The topological polar surface area (TPSA) is 55.2 Å². The summed E-state index contributed by atoms with van der Waals surface area (Å²) in [6.07, 6.45) is 1.68. The monoisotopic (exact) mass is 343 g/mol. The van der Waals surface area contributed by atoms with E-state index in [0.29, 0.717) is 12.5 Å². The first kappa shape index (κ1) is 16.5. The van der Waals surface area contributed by atoms with Gasteiger partial charge in [0.15, 0.2) is 0 Å². The average molecular weight is 343 g/mol. The third-order valence-corrected chi connectivity index (χ3v) is 5.83. The molecule has 24 heavy (non-hydrogen) atoms. The van der Waals surface area contributed by atoms with E-state index in [2.05, 4.69) is 4.98 Å². The molecule has 0 aliphatic heterocycles. The van der Waals surface area contributed by atoms with Crippen LogP contribution in [0.25, 0.3) is 11.0 Å². The standard InChI is InChI=1S/C18H21N3O2S/c1-3-4-14-21(24(22,23)15-10-6-5-7-11-15)18-19-16-12-8-9-13-17(16)20(18)2/h5-13H,3-4,14H2,1-2H3. The zero-order valence-corrected chi connectivity index (χ0v) is 14.7. The molecule has 5 nitrogen and oxygen atoms in total. The summed E-state index contributed by atoms with van der Waals surface area (Å²) >= 11 is 0. The molecular weight excluding hydrogens is 322 g/mol. The van der Waals surface area contributed by atoms with Crippen LogP contribution < -0.4 is 4.31 Å². The minimum absolute atomic E-state index is 0.285. The van der Waals surface area contributed by atoms with E-state index in [-0.39, 0.29) is 4.90 Å². The Kier molecular flexibility index (Phi) is 4.57. The van der Waals surface area contributed by atoms with Crippen molar-refractivity contribution in [3.8, 4) is 0 Å². The van der Waals surface area contributed by atoms with Gasteiger partial charge in [-0.3, -0.25) is 0 Å². The molecule has 3 rings (SSSR count). The SMILES string of the molecule is CCCCN(c1nc2ccccc2n1C)S(=O)(=O)c1ccccc1. The molecule has 0 unspecified atom stereocenters. The van der Waals surface area contributed by atoms with Crippen molar-refractivity contribution < 1.29 is 8.42 Å². The highest BCUT2D eigenvalue weighted by atomic mass is 32.2. The van der Waals surface area contributed by atoms with E-state index in [0.717, 1.165) is 23.9 Å². The summed E-state index contributed by atoms with van der Waals surface area (Å²) in [5.74, 6) is 0.452. The van der Waals surface area contributed by atoms with Gasteiger partial charge in [0.1, 0.15) is 0 Å². The van der Waals surface area contributed by atoms with Gasteiger partial charge in [-0.2, -0.15) is 0 Å². The van der Waals surface area contributed by atoms with Gasteiger partial charge in [-0.05, 0) is 30.7 Å². The molecular formula is C18H21N3O2S. The summed E-state index contributed by atoms with van der Waals surface area (Å²) in [5, 5.41) is 0. The second-order valence-electron chi connectivity index (χ2n) is 5.70. The van der Waals surface area contributed by atoms with Crippen molar-refractivity contribution in [3.63, 3.8) is 0 Å². The quantitative estimate of drug-likeness (QED) is 0.687. The molecule has 0 bridgehead atoms. The normalized spacial score (nSPS) is 11.8. The molecule has 6 heteroatoms. The van der Waals surface area contributed by atoms with E-state index < -0.39 is 10.0 Å². The van der Waals surface area contributed by atoms with Gasteiger partial charge in [0.05, 0.1) is 15.9 Å². The van der Waals surface area contributed by atoms with Crippen molar-refractivity contribution in [3.05, 3.63) is 54.6 Å². The van der Waals surface area contributed by atoms with E-state index in [1.54, 1.807) is 24.3 Å². The molecule has 0 amide bonds. The number of unbranched alkanes of at least 4 members (excludes halogenated alkanes) is 1. The third kappa shape index (κ3) is 2.89. The van der Waals surface area contributed by atoms with Gasteiger partial charge in [-0.25, -0.2) is 17.7 Å². The Morgan fingerprint density at radius 2 is 1.71 bits per heavy atom. The minimum atomic E-state index is -3.65. The maximum atomic E-state index is 13.1. The molecule has 3 aromatic rings. The number of anilines is 1. The predicted octanol–water partition coefficient (Wildman–Crippen LogP) is 3.57. The maximum Gasteiger partial charge on any atom is 0.266 e. The maximum absolute atomic E-state index is 13.1. The van der Waals surface area contributed by atoms with Crippen LogP contribution in [-0.2, 0) is 17.1 Å². The average Bonchev–Trinajstić information content (AvgIpc) is 2.93. The molecule has 0 saturated carbocycles. The van der Waals surface area contributed by atoms with Crippen molar-refractivity contribution in [2.24, 2.45) is 7.05 Å². The first-order valence-electron chi connectivity index (χ1n) is 8.05. The zero-order valence-electron chi connectivity index (χ0n) is 13.9. The Bertz CT molecular complexity index is 933. The summed E-state index contributed by atoms with van der Waals surface area (Å²) < 4.78 is 29.5. The number of imidazole rings is 1. The van der Waals surface area contributed by atoms with Crippen LogP contribution >= 0.6 is 0 Å². The number of para-hydroxylation sites is 2. The van der Waals surface area contributed by atoms with E-state index in [1.165, 1.54) is 4.31 Å². The third-order valence-electron chi connectivity index (χ3n) is 4.03. The first-order valence-corrected chi connectivity index (χ1v) is 9.49. The number of aromatic nitrogens is 2. The summed E-state index contributed by atoms with van der Waals surface area (Å²) in [4.78, 5) is 4.85. The molecule has 2 aromatic carbocycles. The highest BCUT2D eigenvalue weighted by molar-refractivity contribution is 7.92. The molecule has 0 saturated heterocycles. The summed E-state index contributed by atoms with van der Waals surface area (Å²) in [6.45, 7) is 2.45. The number of benzene rings is 2. The zero-order chi connectivity index (χ0) is 17.2. The van der Waals surface area contributed by atoms with Crippen molar-refractivity contribution in [2.75, 3.05) is 10.8 Å². The van der Waals surface area contributed by atoms with Crippen LogP contribution in [0, 0.1) is 0 Å². The lowest BCUT2D eigenvalue weighted by molar-refractivity contribution is 0.586. The first-order chi connectivity index (χ1) is 11.6. The van der Waals surface area contributed by atoms with Crippen molar-refractivity contribution >= 4 is 27.0 Å². The van der Waals surface area contributed by atoms with E-state index in [4.69, 9.17) is 0 Å². The van der Waals surface area contributed by atoms with Crippen molar-refractivity contribution in [1.82, 2.24) is 9.55 Å². The van der Waals surface area contributed by atoms with Crippen LogP contribution in [0.4, 0.5) is 5.95 Å². The smallest absolute Gasteiger partial charge is 0.266 e. The van der Waals surface area contributed by atoms with E-state index in [1.807, 2.05) is 48.9 Å². The van der Waals surface area contributed by atoms with Gasteiger partial charge in [-0.15, -0.1) is 0 Å². The highest BCUT2D eigenvalue weighted by Crippen LogP contribution is 2.26. The molecule has 0 atom stereocenters. The van der Waals surface area contributed by atoms with E-state index in [9.17, 15) is 8.42 Å². The predicted molar refractivity (Wildman–Crippen MR) is 96.6 cm³/mol. The summed E-state index contributed by atoms with van der Waals surface area (Å²) in [7, 11) is -1.80. The second kappa shape index (κ2) is 6.65. The number of sulfonamides is 1. The Morgan fingerprint density at radius 1 is 1.04 bits per heavy atom. The van der Waals surface area contributed by atoms with Gasteiger partial charge in [0.2, 0.25) is 5.95 Å². The van der Waals surface area contributed by atoms with E-state index >= 15 is 0 Å². The molecule has 126 valence electrons. The lowest BCUT2D eigenvalue weighted by atomic mass is 10.3. The molecule has 1 aromatic heterocycles. The highest BCUT2D eigenvalue weighted by Gasteiger charge is 2.28. The molecule has 1 heterocycles. The summed E-state index contributed by atoms with van der Waals surface area (Å²) in [6, 6.07) is 16.2. The molecule has 0 spiro atoms. The van der Waals surface area contributed by atoms with Gasteiger partial charge < -0.3 is 4.57 Å². The lowest BCUT2D eigenvalue weighted by Gasteiger charge is -2.23. The van der Waals surface area contributed by atoms with Crippen LogP contribution in [0.5, 0.6) is 0 Å². The Hall–Kier alpha value is -2.34. The van der Waals surface area contributed by atoms with Gasteiger partial charge in [0, 0.05) is 13.6 Å². The van der Waals surface area contributed by atoms with Crippen LogP contribution in [0.2, 0.25) is 0 Å². The van der Waals surface area contributed by atoms with Gasteiger partial charge >= 0.3 is 0 Å². The van der Waals surface area contributed by atoms with Crippen molar-refractivity contribution in [2.45, 2.75) is 24.7 Å². The fourth-order valence-corrected chi connectivity index (χ4v) is 4.21. The largest absolute Gasteiger partial charge is 0.312 e. The van der Waals surface area contributed by atoms with Crippen LogP contribution in [0.3, 0.4) is 0 Å². The van der Waals surface area contributed by atoms with Crippen molar-refractivity contribution in [1.29, 1.82) is 0 Å². The summed E-state index contributed by atoms with van der Waals surface area (Å²) in [5.41, 5.74) is 1.71. The van der Waals surface area contributed by atoms with Crippen LogP contribution in [0.1, 0.15) is 19.8 Å².